The molecular formula is C23H32N5. The molecule has 0 amide bonds. The summed E-state index contributed by atoms with van der Waals surface area (Å²) >= 11 is 0. The van der Waals surface area contributed by atoms with Crippen LogP contribution in [-0.2, 0) is 13.5 Å². The van der Waals surface area contributed by atoms with E-state index in [0.717, 1.165) is 58.7 Å². The van der Waals surface area contributed by atoms with Crippen LogP contribution < -0.4 is 16.0 Å². The standard InChI is InChI=1S/C23H32N5/c1-7-8-9-10-16-11-15(2)27-22-18(14-28(6)23(16)22)21-19(25-4)12-17(24-3)13-20(21)26-5/h8,11-14,24-26H,7,9-10H2,1-6H3. The highest BCUT2D eigenvalue weighted by Crippen LogP contribution is 2.42. The second-order valence-corrected chi connectivity index (χ2v) is 7.21. The minimum absolute atomic E-state index is 1.04. The van der Waals surface area contributed by atoms with Crippen molar-refractivity contribution in [2.24, 2.45) is 7.05 Å². The first-order valence-corrected chi connectivity index (χ1v) is 10.0. The molecule has 2 aromatic heterocycles. The zero-order valence-corrected chi connectivity index (χ0v) is 17.9. The summed E-state index contributed by atoms with van der Waals surface area (Å²) < 4.78 is 2.23. The van der Waals surface area contributed by atoms with Crippen molar-refractivity contribution in [3.8, 4) is 11.1 Å². The molecular weight excluding hydrogens is 346 g/mol. The van der Waals surface area contributed by atoms with Crippen LogP contribution in [-0.4, -0.2) is 30.7 Å². The molecule has 28 heavy (non-hydrogen) atoms. The second-order valence-electron chi connectivity index (χ2n) is 7.21. The molecule has 5 nitrogen and oxygen atoms in total. The number of aryl methyl sites for hydroxylation is 3. The molecule has 0 atom stereocenters. The Bertz CT molecular complexity index is 946. The van der Waals surface area contributed by atoms with Crippen molar-refractivity contribution in [2.75, 3.05) is 37.1 Å². The van der Waals surface area contributed by atoms with E-state index in [4.69, 9.17) is 4.98 Å². The number of nitrogens with one attached hydrogen (secondary N) is 3. The lowest BCUT2D eigenvalue weighted by Gasteiger charge is -2.16. The number of fused-ring (bicyclic) bond motifs is 1. The van der Waals surface area contributed by atoms with Crippen molar-refractivity contribution in [3.05, 3.63) is 42.1 Å². The zero-order valence-electron chi connectivity index (χ0n) is 17.9. The van der Waals surface area contributed by atoms with Crippen LogP contribution in [0.25, 0.3) is 22.2 Å². The average molecular weight is 379 g/mol. The number of nitrogens with zero attached hydrogens (tertiary/aromatic N) is 2. The summed E-state index contributed by atoms with van der Waals surface area (Å²) in [5, 5.41) is 9.97. The van der Waals surface area contributed by atoms with Crippen LogP contribution in [0.3, 0.4) is 0 Å². The lowest BCUT2D eigenvalue weighted by atomic mass is 10.00. The Morgan fingerprint density at radius 1 is 1.04 bits per heavy atom. The van der Waals surface area contributed by atoms with Crippen molar-refractivity contribution < 1.29 is 0 Å². The molecule has 0 aliphatic carbocycles. The van der Waals surface area contributed by atoms with Gasteiger partial charge in [0, 0.05) is 68.3 Å². The summed E-state index contributed by atoms with van der Waals surface area (Å²) in [6, 6.07) is 6.52. The van der Waals surface area contributed by atoms with Crippen LogP contribution in [0.5, 0.6) is 0 Å². The van der Waals surface area contributed by atoms with Crippen LogP contribution in [0.2, 0.25) is 0 Å². The van der Waals surface area contributed by atoms with Gasteiger partial charge >= 0.3 is 0 Å². The molecule has 1 radical (unpaired) electrons. The van der Waals surface area contributed by atoms with Crippen molar-refractivity contribution in [3.63, 3.8) is 0 Å². The Kier molecular flexibility index (Phi) is 6.12. The largest absolute Gasteiger partial charge is 0.388 e. The molecule has 0 aliphatic heterocycles. The predicted molar refractivity (Wildman–Crippen MR) is 122 cm³/mol. The lowest BCUT2D eigenvalue weighted by molar-refractivity contribution is 0.868. The van der Waals surface area contributed by atoms with E-state index in [-0.39, 0.29) is 0 Å². The van der Waals surface area contributed by atoms with Gasteiger partial charge in [0.15, 0.2) is 0 Å². The minimum atomic E-state index is 1.04. The first-order valence-electron chi connectivity index (χ1n) is 10.0. The number of pyridine rings is 1. The molecule has 0 saturated heterocycles. The lowest BCUT2D eigenvalue weighted by Crippen LogP contribution is -2.01. The maximum atomic E-state index is 4.95. The summed E-state index contributed by atoms with van der Waals surface area (Å²) in [6.45, 7) is 4.28. The van der Waals surface area contributed by atoms with E-state index < -0.39 is 0 Å². The van der Waals surface area contributed by atoms with Crippen molar-refractivity contribution in [1.82, 2.24) is 9.55 Å². The smallest absolute Gasteiger partial charge is 0.0966 e. The van der Waals surface area contributed by atoms with E-state index >= 15 is 0 Å². The van der Waals surface area contributed by atoms with Crippen molar-refractivity contribution in [1.29, 1.82) is 0 Å². The summed E-state index contributed by atoms with van der Waals surface area (Å²) in [6.07, 6.45) is 7.80. The zero-order chi connectivity index (χ0) is 20.3. The molecule has 2 heterocycles. The quantitative estimate of drug-likeness (QED) is 0.470. The van der Waals surface area contributed by atoms with Crippen LogP contribution in [0.1, 0.15) is 31.0 Å². The number of anilines is 3. The normalized spacial score (nSPS) is 11.1. The summed E-state index contributed by atoms with van der Waals surface area (Å²) in [4.78, 5) is 4.95. The van der Waals surface area contributed by atoms with E-state index in [0.29, 0.717) is 0 Å². The SMILES string of the molecule is CC[CH]CCc1cc(C)nc2c(-c3c(NC)cc(NC)cc3NC)cn(C)c12. The second kappa shape index (κ2) is 8.55. The summed E-state index contributed by atoms with van der Waals surface area (Å²) in [7, 11) is 7.99. The summed E-state index contributed by atoms with van der Waals surface area (Å²) in [5.41, 5.74) is 10.3. The van der Waals surface area contributed by atoms with Gasteiger partial charge in [-0.15, -0.1) is 0 Å². The summed E-state index contributed by atoms with van der Waals surface area (Å²) in [5.74, 6) is 0. The molecule has 3 N–H and O–H groups in total. The first kappa shape index (κ1) is 20.1. The average Bonchev–Trinajstić information content (AvgIpc) is 3.02. The molecule has 3 rings (SSSR count). The maximum absolute atomic E-state index is 4.95. The van der Waals surface area contributed by atoms with Crippen LogP contribution >= 0.6 is 0 Å². The Hall–Kier alpha value is -2.69. The van der Waals surface area contributed by atoms with E-state index in [1.54, 1.807) is 0 Å². The van der Waals surface area contributed by atoms with Gasteiger partial charge in [-0.25, -0.2) is 0 Å². The third-order valence-electron chi connectivity index (χ3n) is 5.27. The number of hydrogen-bond acceptors (Lipinski definition) is 4. The highest BCUT2D eigenvalue weighted by molar-refractivity contribution is 6.03. The molecule has 0 unspecified atom stereocenters. The maximum Gasteiger partial charge on any atom is 0.0966 e. The first-order chi connectivity index (χ1) is 13.5. The van der Waals surface area contributed by atoms with Gasteiger partial charge in [-0.2, -0.15) is 0 Å². The van der Waals surface area contributed by atoms with Gasteiger partial charge in [-0.1, -0.05) is 13.3 Å². The molecule has 3 aromatic rings. The Morgan fingerprint density at radius 2 is 1.71 bits per heavy atom. The number of aromatic nitrogens is 2. The van der Waals surface area contributed by atoms with Gasteiger partial charge in [0.05, 0.1) is 11.0 Å². The number of rotatable bonds is 8. The van der Waals surface area contributed by atoms with Gasteiger partial charge in [0.1, 0.15) is 0 Å². The third kappa shape index (κ3) is 3.66. The topological polar surface area (TPSA) is 53.9 Å². The molecule has 0 aliphatic rings. The molecule has 149 valence electrons. The van der Waals surface area contributed by atoms with E-state index in [2.05, 4.69) is 72.2 Å². The van der Waals surface area contributed by atoms with Gasteiger partial charge < -0.3 is 20.5 Å². The Labute approximate surface area is 168 Å². The monoisotopic (exact) mass is 378 g/mol. The van der Waals surface area contributed by atoms with Crippen LogP contribution in [0.15, 0.2) is 24.4 Å². The van der Waals surface area contributed by atoms with E-state index in [1.807, 2.05) is 21.1 Å². The number of hydrogen-bond donors (Lipinski definition) is 3. The molecule has 5 heteroatoms. The van der Waals surface area contributed by atoms with Gasteiger partial charge in [-0.3, -0.25) is 4.98 Å². The van der Waals surface area contributed by atoms with E-state index in [9.17, 15) is 0 Å². The molecule has 0 spiro atoms. The van der Waals surface area contributed by atoms with Crippen molar-refractivity contribution >= 4 is 28.1 Å². The van der Waals surface area contributed by atoms with Crippen LogP contribution in [0, 0.1) is 13.3 Å². The fraction of sp³-hybridized carbons (Fsp3) is 0.391. The fourth-order valence-corrected chi connectivity index (χ4v) is 3.94. The number of benzene rings is 1. The van der Waals surface area contributed by atoms with E-state index in [1.165, 1.54) is 11.1 Å². The molecule has 0 bridgehead atoms. The highest BCUT2D eigenvalue weighted by Gasteiger charge is 2.19. The highest BCUT2D eigenvalue weighted by atomic mass is 15.0. The van der Waals surface area contributed by atoms with Gasteiger partial charge in [0.25, 0.3) is 0 Å². The van der Waals surface area contributed by atoms with Gasteiger partial charge in [-0.05, 0) is 49.9 Å². The molecule has 1 aromatic carbocycles. The van der Waals surface area contributed by atoms with Crippen LogP contribution in [0.4, 0.5) is 17.1 Å². The third-order valence-corrected chi connectivity index (χ3v) is 5.27. The molecule has 0 fully saturated rings. The van der Waals surface area contributed by atoms with Gasteiger partial charge in [0.2, 0.25) is 0 Å². The Balaban J connectivity index is 2.25. The van der Waals surface area contributed by atoms with Crippen molar-refractivity contribution in [2.45, 2.75) is 33.1 Å². The fourth-order valence-electron chi connectivity index (χ4n) is 3.94. The Morgan fingerprint density at radius 3 is 2.29 bits per heavy atom. The predicted octanol–water partition coefficient (Wildman–Crippen LogP) is 5.22. The minimum Gasteiger partial charge on any atom is -0.388 e. The molecule has 0 saturated carbocycles. The number of unbranched alkanes of at least 4 members (excludes halogenated alkanes) is 2.